The van der Waals surface area contributed by atoms with E-state index in [-0.39, 0.29) is 6.42 Å². The van der Waals surface area contributed by atoms with Crippen LogP contribution < -0.4 is 0 Å². The predicted octanol–water partition coefficient (Wildman–Crippen LogP) is 3.23. The van der Waals surface area contributed by atoms with E-state index in [1.807, 2.05) is 0 Å². The molecule has 1 rings (SSSR count). The highest BCUT2D eigenvalue weighted by Gasteiger charge is 2.28. The van der Waals surface area contributed by atoms with Gasteiger partial charge in [0.15, 0.2) is 0 Å². The van der Waals surface area contributed by atoms with Gasteiger partial charge >= 0.3 is 12.1 Å². The van der Waals surface area contributed by atoms with E-state index in [2.05, 4.69) is 20.9 Å². The summed E-state index contributed by atoms with van der Waals surface area (Å²) >= 11 is 3.29. The van der Waals surface area contributed by atoms with Gasteiger partial charge in [-0.3, -0.25) is 9.78 Å². The number of aliphatic carboxylic acids is 1. The van der Waals surface area contributed by atoms with Crippen LogP contribution in [0, 0.1) is 0 Å². The number of hydrogen-bond acceptors (Lipinski definition) is 4. The van der Waals surface area contributed by atoms with Crippen molar-refractivity contribution in [1.82, 2.24) is 9.88 Å². The first-order valence-electron chi connectivity index (χ1n) is 6.38. The summed E-state index contributed by atoms with van der Waals surface area (Å²) in [6, 6.07) is 1.09. The quantitative estimate of drug-likeness (QED) is 0.893. The largest absolute Gasteiger partial charge is 0.481 e. The van der Waals surface area contributed by atoms with Gasteiger partial charge in [-0.15, -0.1) is 0 Å². The topological polar surface area (TPSA) is 79.7 Å². The minimum absolute atomic E-state index is 0.228. The number of nitrogens with zero attached hydrogens (tertiary/aromatic N) is 2. The Hall–Kier alpha value is -1.63. The number of pyridine rings is 1. The lowest BCUT2D eigenvalue weighted by Gasteiger charge is -2.30. The Morgan fingerprint density at radius 1 is 1.43 bits per heavy atom. The molecule has 1 amide bonds. The van der Waals surface area contributed by atoms with Gasteiger partial charge in [-0.05, 0) is 48.3 Å². The number of carbonyl (C=O) groups excluding carboxylic acids is 1. The third-order valence-corrected chi connectivity index (χ3v) is 3.06. The summed E-state index contributed by atoms with van der Waals surface area (Å²) in [5.41, 5.74) is -0.0191. The molecule has 6 nitrogen and oxygen atoms in total. The van der Waals surface area contributed by atoms with Crippen molar-refractivity contribution in [2.24, 2.45) is 0 Å². The van der Waals surface area contributed by atoms with Crippen molar-refractivity contribution < 1.29 is 19.4 Å². The monoisotopic (exact) mass is 358 g/mol. The lowest BCUT2D eigenvalue weighted by atomic mass is 10.0. The minimum Gasteiger partial charge on any atom is -0.481 e. The third kappa shape index (κ3) is 5.71. The van der Waals surface area contributed by atoms with Gasteiger partial charge in [-0.25, -0.2) is 4.79 Å². The lowest BCUT2D eigenvalue weighted by Crippen LogP contribution is -2.37. The van der Waals surface area contributed by atoms with Crippen LogP contribution in [0.15, 0.2) is 22.9 Å². The first-order valence-corrected chi connectivity index (χ1v) is 7.17. The number of rotatable bonds is 4. The number of carboxylic acid groups (broad SMARTS) is 1. The van der Waals surface area contributed by atoms with Gasteiger partial charge in [-0.1, -0.05) is 0 Å². The zero-order valence-electron chi connectivity index (χ0n) is 12.5. The van der Waals surface area contributed by atoms with Crippen molar-refractivity contribution >= 4 is 28.0 Å². The summed E-state index contributed by atoms with van der Waals surface area (Å²) in [7, 11) is 1.52. The van der Waals surface area contributed by atoms with E-state index in [4.69, 9.17) is 9.84 Å². The number of amides is 1. The van der Waals surface area contributed by atoms with E-state index in [0.717, 1.165) is 0 Å². The van der Waals surface area contributed by atoms with E-state index in [0.29, 0.717) is 10.0 Å². The molecule has 0 aliphatic rings. The lowest BCUT2D eigenvalue weighted by molar-refractivity contribution is -0.138. The summed E-state index contributed by atoms with van der Waals surface area (Å²) in [5.74, 6) is -1.00. The third-order valence-electron chi connectivity index (χ3n) is 2.63. The SMILES string of the molecule is CN(C(=O)OC(C)(C)C)[C@@H](CC(=O)O)c1cncc(Br)c1. The average Bonchev–Trinajstić information content (AvgIpc) is 2.32. The van der Waals surface area contributed by atoms with Gasteiger partial charge in [0.1, 0.15) is 5.60 Å². The Kier molecular flexibility index (Phi) is 5.71. The molecule has 0 spiro atoms. The number of ether oxygens (including phenoxy) is 1. The van der Waals surface area contributed by atoms with E-state index in [9.17, 15) is 9.59 Å². The smallest absolute Gasteiger partial charge is 0.410 e. The maximum atomic E-state index is 12.1. The molecule has 1 atom stereocenters. The van der Waals surface area contributed by atoms with Gasteiger partial charge in [-0.2, -0.15) is 0 Å². The summed E-state index contributed by atoms with van der Waals surface area (Å²) in [4.78, 5) is 28.5. The van der Waals surface area contributed by atoms with Crippen molar-refractivity contribution in [2.75, 3.05) is 7.05 Å². The first kappa shape index (κ1) is 17.4. The molecular weight excluding hydrogens is 340 g/mol. The van der Waals surface area contributed by atoms with Crippen LogP contribution in [0.3, 0.4) is 0 Å². The van der Waals surface area contributed by atoms with Crippen LogP contribution in [0.5, 0.6) is 0 Å². The van der Waals surface area contributed by atoms with Gasteiger partial charge < -0.3 is 14.7 Å². The molecule has 0 bridgehead atoms. The van der Waals surface area contributed by atoms with Gasteiger partial charge in [0.25, 0.3) is 0 Å². The molecule has 0 saturated carbocycles. The molecule has 0 saturated heterocycles. The molecule has 0 unspecified atom stereocenters. The highest BCUT2D eigenvalue weighted by atomic mass is 79.9. The maximum Gasteiger partial charge on any atom is 0.410 e. The Bertz CT molecular complexity index is 528. The van der Waals surface area contributed by atoms with E-state index in [1.165, 1.54) is 11.9 Å². The molecule has 0 aliphatic heterocycles. The number of aromatic nitrogens is 1. The molecular formula is C14H19BrN2O4. The molecule has 0 aliphatic carbocycles. The van der Waals surface area contributed by atoms with Gasteiger partial charge in [0.2, 0.25) is 0 Å². The molecule has 7 heteroatoms. The zero-order valence-corrected chi connectivity index (χ0v) is 14.0. The summed E-state index contributed by atoms with van der Waals surface area (Å²) < 4.78 is 5.99. The van der Waals surface area contributed by atoms with Gasteiger partial charge in [0.05, 0.1) is 12.5 Å². The second kappa shape index (κ2) is 6.89. The molecule has 116 valence electrons. The molecule has 1 N–H and O–H groups in total. The maximum absolute atomic E-state index is 12.1. The summed E-state index contributed by atoms with van der Waals surface area (Å²) in [5, 5.41) is 9.07. The van der Waals surface area contributed by atoms with E-state index >= 15 is 0 Å². The number of hydrogen-bond donors (Lipinski definition) is 1. The molecule has 1 aromatic rings. The molecule has 1 heterocycles. The van der Waals surface area contributed by atoms with Crippen molar-refractivity contribution in [3.63, 3.8) is 0 Å². The standard InChI is InChI=1S/C14H19BrN2O4/c1-14(2,3)21-13(20)17(4)11(6-12(18)19)9-5-10(15)8-16-7-9/h5,7-8,11H,6H2,1-4H3,(H,18,19)/t11-/m0/s1. The molecule has 0 aromatic carbocycles. The first-order chi connectivity index (χ1) is 9.60. The van der Waals surface area contributed by atoms with Crippen LogP contribution in [-0.2, 0) is 9.53 Å². The van der Waals surface area contributed by atoms with E-state index in [1.54, 1.807) is 39.2 Å². The number of halogens is 1. The average molecular weight is 359 g/mol. The van der Waals surface area contributed by atoms with Crippen LogP contribution in [0.4, 0.5) is 4.79 Å². The normalized spacial score (nSPS) is 12.6. The van der Waals surface area contributed by atoms with Crippen molar-refractivity contribution in [3.05, 3.63) is 28.5 Å². The van der Waals surface area contributed by atoms with Crippen molar-refractivity contribution in [1.29, 1.82) is 0 Å². The Balaban J connectivity index is 3.02. The van der Waals surface area contributed by atoms with Crippen LogP contribution >= 0.6 is 15.9 Å². The Labute approximate surface area is 132 Å². The van der Waals surface area contributed by atoms with Crippen LogP contribution in [-0.4, -0.2) is 39.7 Å². The van der Waals surface area contributed by atoms with Crippen molar-refractivity contribution in [2.45, 2.75) is 38.8 Å². The zero-order chi connectivity index (χ0) is 16.2. The molecule has 21 heavy (non-hydrogen) atoms. The highest BCUT2D eigenvalue weighted by Crippen LogP contribution is 2.26. The van der Waals surface area contributed by atoms with Crippen molar-refractivity contribution in [3.8, 4) is 0 Å². The van der Waals surface area contributed by atoms with Crippen LogP contribution in [0.25, 0.3) is 0 Å². The fourth-order valence-electron chi connectivity index (χ4n) is 1.72. The Morgan fingerprint density at radius 3 is 2.52 bits per heavy atom. The number of carbonyl (C=O) groups is 2. The number of carboxylic acids is 1. The van der Waals surface area contributed by atoms with Crippen LogP contribution in [0.1, 0.15) is 38.8 Å². The molecule has 0 fully saturated rings. The molecule has 0 radical (unpaired) electrons. The van der Waals surface area contributed by atoms with Crippen LogP contribution in [0.2, 0.25) is 0 Å². The highest BCUT2D eigenvalue weighted by molar-refractivity contribution is 9.10. The fraction of sp³-hybridized carbons (Fsp3) is 0.500. The summed E-state index contributed by atoms with van der Waals surface area (Å²) in [6.07, 6.45) is 2.33. The van der Waals surface area contributed by atoms with Gasteiger partial charge in [0, 0.05) is 23.9 Å². The second-order valence-corrected chi connectivity index (χ2v) is 6.56. The Morgan fingerprint density at radius 2 is 2.05 bits per heavy atom. The van der Waals surface area contributed by atoms with E-state index < -0.39 is 23.7 Å². The molecule has 1 aromatic heterocycles. The second-order valence-electron chi connectivity index (χ2n) is 5.64. The predicted molar refractivity (Wildman–Crippen MR) is 80.9 cm³/mol. The minimum atomic E-state index is -1.00. The fourth-order valence-corrected chi connectivity index (χ4v) is 2.10. The summed E-state index contributed by atoms with van der Waals surface area (Å²) in [6.45, 7) is 5.27.